The molecule has 0 aromatic carbocycles. The molecule has 2 heterocycles. The number of nitrogens with zero attached hydrogens (tertiary/aromatic N) is 1. The number of hydrogen-bond acceptors (Lipinski definition) is 6. The van der Waals surface area contributed by atoms with E-state index in [1.165, 1.54) is 18.3 Å². The molecule has 0 radical (unpaired) electrons. The lowest BCUT2D eigenvalue weighted by Crippen LogP contribution is -2.17. The molecule has 0 aliphatic carbocycles. The van der Waals surface area contributed by atoms with E-state index in [0.717, 1.165) is 20.3 Å². The van der Waals surface area contributed by atoms with Crippen LogP contribution in [0.4, 0.5) is 5.13 Å². The second kappa shape index (κ2) is 9.65. The molecule has 0 spiro atoms. The summed E-state index contributed by atoms with van der Waals surface area (Å²) in [6.45, 7) is 7.21. The maximum atomic E-state index is 11.9. The number of anilines is 1. The molecule has 136 valence electrons. The fourth-order valence-electron chi connectivity index (χ4n) is 2.15. The monoisotopic (exact) mass is 381 g/mol. The summed E-state index contributed by atoms with van der Waals surface area (Å²) in [5.41, 5.74) is 0.883. The summed E-state index contributed by atoms with van der Waals surface area (Å²) in [5.74, 6) is -0.0911. The largest absolute Gasteiger partial charge is 0.382 e. The van der Waals surface area contributed by atoms with Crippen LogP contribution in [0.3, 0.4) is 0 Å². The molecule has 2 amide bonds. The van der Waals surface area contributed by atoms with Crippen LogP contribution in [-0.4, -0.2) is 30.0 Å². The van der Waals surface area contributed by atoms with Gasteiger partial charge in [-0.15, -0.1) is 22.7 Å². The van der Waals surface area contributed by atoms with E-state index >= 15 is 0 Å². The molecule has 0 saturated heterocycles. The molecule has 0 fully saturated rings. The van der Waals surface area contributed by atoms with Gasteiger partial charge in [-0.2, -0.15) is 0 Å². The second-order valence-electron chi connectivity index (χ2n) is 5.45. The third-order valence-electron chi connectivity index (χ3n) is 3.35. The van der Waals surface area contributed by atoms with Crippen LogP contribution in [0.1, 0.15) is 36.4 Å². The van der Waals surface area contributed by atoms with Gasteiger partial charge in [-0.3, -0.25) is 9.59 Å². The highest BCUT2D eigenvalue weighted by Gasteiger charge is 2.14. The molecule has 25 heavy (non-hydrogen) atoms. The van der Waals surface area contributed by atoms with Crippen LogP contribution in [0.15, 0.2) is 12.1 Å². The quantitative estimate of drug-likeness (QED) is 0.651. The Labute approximate surface area is 155 Å². The number of thiophene rings is 1. The molecule has 0 aliphatic rings. The Morgan fingerprint density at radius 2 is 2.08 bits per heavy atom. The number of aryl methyl sites for hydroxylation is 1. The van der Waals surface area contributed by atoms with Crippen LogP contribution in [0.5, 0.6) is 0 Å². The van der Waals surface area contributed by atoms with Crippen molar-refractivity contribution in [3.05, 3.63) is 21.9 Å². The number of thiazole rings is 1. The molecule has 6 nitrogen and oxygen atoms in total. The third kappa shape index (κ3) is 6.22. The zero-order chi connectivity index (χ0) is 18.2. The Kier molecular flexibility index (Phi) is 7.54. The number of nitrogens with one attached hydrogen (secondary N) is 2. The number of aromatic nitrogens is 1. The smallest absolute Gasteiger partial charge is 0.226 e. The van der Waals surface area contributed by atoms with Crippen LogP contribution in [-0.2, 0) is 20.9 Å². The van der Waals surface area contributed by atoms with Gasteiger partial charge in [-0.1, -0.05) is 0 Å². The molecule has 8 heteroatoms. The topological polar surface area (TPSA) is 80.3 Å². The fourth-order valence-corrected chi connectivity index (χ4v) is 4.05. The van der Waals surface area contributed by atoms with Crippen molar-refractivity contribution in [2.45, 2.75) is 40.2 Å². The molecule has 0 atom stereocenters. The highest BCUT2D eigenvalue weighted by atomic mass is 32.1. The SMILES string of the molecule is CCOCCCC(=O)Nc1nc(-c2ccc(CNC(C)=O)s2)c(C)s1. The minimum atomic E-state index is -0.0471. The predicted octanol–water partition coefficient (Wildman–Crippen LogP) is 3.57. The molecular formula is C17H23N3O3S2. The number of rotatable bonds is 9. The van der Waals surface area contributed by atoms with Crippen molar-refractivity contribution >= 4 is 39.6 Å². The van der Waals surface area contributed by atoms with Gasteiger partial charge < -0.3 is 15.4 Å². The fraction of sp³-hybridized carbons (Fsp3) is 0.471. The summed E-state index contributed by atoms with van der Waals surface area (Å²) in [6, 6.07) is 3.98. The van der Waals surface area contributed by atoms with Gasteiger partial charge in [0.25, 0.3) is 0 Å². The summed E-state index contributed by atoms with van der Waals surface area (Å²) in [6.07, 6.45) is 1.13. The Morgan fingerprint density at radius 1 is 1.28 bits per heavy atom. The first-order valence-corrected chi connectivity index (χ1v) is 9.81. The van der Waals surface area contributed by atoms with Gasteiger partial charge in [0.1, 0.15) is 0 Å². The van der Waals surface area contributed by atoms with E-state index in [2.05, 4.69) is 15.6 Å². The number of carbonyl (C=O) groups excluding carboxylic acids is 2. The van der Waals surface area contributed by atoms with Crippen LogP contribution in [0, 0.1) is 6.92 Å². The summed E-state index contributed by atoms with van der Waals surface area (Å²) >= 11 is 3.07. The van der Waals surface area contributed by atoms with Gasteiger partial charge in [0.15, 0.2) is 5.13 Å². The lowest BCUT2D eigenvalue weighted by molar-refractivity contribution is -0.119. The molecule has 2 rings (SSSR count). The molecule has 0 unspecified atom stereocenters. The Bertz CT molecular complexity index is 725. The zero-order valence-electron chi connectivity index (χ0n) is 14.7. The molecule has 0 saturated carbocycles. The average molecular weight is 382 g/mol. The minimum absolute atomic E-state index is 0.0440. The average Bonchev–Trinajstić information content (AvgIpc) is 3.16. The summed E-state index contributed by atoms with van der Waals surface area (Å²) in [5, 5.41) is 6.26. The Hall–Kier alpha value is -1.77. The van der Waals surface area contributed by atoms with Gasteiger partial charge >= 0.3 is 0 Å². The van der Waals surface area contributed by atoms with E-state index in [-0.39, 0.29) is 11.8 Å². The summed E-state index contributed by atoms with van der Waals surface area (Å²) in [7, 11) is 0. The second-order valence-corrected chi connectivity index (χ2v) is 7.82. The van der Waals surface area contributed by atoms with Crippen molar-refractivity contribution in [1.29, 1.82) is 0 Å². The van der Waals surface area contributed by atoms with E-state index < -0.39 is 0 Å². The first kappa shape index (κ1) is 19.6. The molecule has 2 aromatic heterocycles. The van der Waals surface area contributed by atoms with E-state index in [0.29, 0.717) is 37.7 Å². The lowest BCUT2D eigenvalue weighted by Gasteiger charge is -2.01. The van der Waals surface area contributed by atoms with Gasteiger partial charge in [-0.05, 0) is 32.4 Å². The Balaban J connectivity index is 1.95. The molecule has 2 N–H and O–H groups in total. The zero-order valence-corrected chi connectivity index (χ0v) is 16.3. The number of hydrogen-bond donors (Lipinski definition) is 2. The molecule has 0 bridgehead atoms. The number of carbonyl (C=O) groups is 2. The van der Waals surface area contributed by atoms with Crippen molar-refractivity contribution in [2.75, 3.05) is 18.5 Å². The van der Waals surface area contributed by atoms with Crippen molar-refractivity contribution in [1.82, 2.24) is 10.3 Å². The standard InChI is InChI=1S/C17H23N3O3S2/c1-4-23-9-5-6-15(22)19-17-20-16(11(2)24-17)14-8-7-13(25-14)10-18-12(3)21/h7-8H,4-6,9-10H2,1-3H3,(H,18,21)(H,19,20,22). The first-order chi connectivity index (χ1) is 12.0. The van der Waals surface area contributed by atoms with Gasteiger partial charge in [0.2, 0.25) is 11.8 Å². The Morgan fingerprint density at radius 3 is 2.80 bits per heavy atom. The van der Waals surface area contributed by atoms with E-state index in [1.54, 1.807) is 11.3 Å². The normalized spacial score (nSPS) is 10.7. The highest BCUT2D eigenvalue weighted by Crippen LogP contribution is 2.34. The maximum Gasteiger partial charge on any atom is 0.226 e. The van der Waals surface area contributed by atoms with Crippen LogP contribution in [0.2, 0.25) is 0 Å². The highest BCUT2D eigenvalue weighted by molar-refractivity contribution is 7.18. The molecule has 2 aromatic rings. The maximum absolute atomic E-state index is 11.9. The molecule has 0 aliphatic heterocycles. The van der Waals surface area contributed by atoms with Crippen LogP contribution >= 0.6 is 22.7 Å². The summed E-state index contributed by atoms with van der Waals surface area (Å²) < 4.78 is 5.23. The van der Waals surface area contributed by atoms with Crippen LogP contribution < -0.4 is 10.6 Å². The third-order valence-corrected chi connectivity index (χ3v) is 5.32. The van der Waals surface area contributed by atoms with Crippen molar-refractivity contribution in [2.24, 2.45) is 0 Å². The number of amides is 2. The van der Waals surface area contributed by atoms with Gasteiger partial charge in [0, 0.05) is 36.3 Å². The van der Waals surface area contributed by atoms with Crippen LogP contribution in [0.25, 0.3) is 10.6 Å². The van der Waals surface area contributed by atoms with E-state index in [4.69, 9.17) is 4.74 Å². The predicted molar refractivity (Wildman–Crippen MR) is 102 cm³/mol. The van der Waals surface area contributed by atoms with E-state index in [1.807, 2.05) is 26.0 Å². The first-order valence-electron chi connectivity index (χ1n) is 8.18. The van der Waals surface area contributed by atoms with Crippen molar-refractivity contribution in [3.8, 4) is 10.6 Å². The van der Waals surface area contributed by atoms with Crippen molar-refractivity contribution in [3.63, 3.8) is 0 Å². The minimum Gasteiger partial charge on any atom is -0.382 e. The lowest BCUT2D eigenvalue weighted by atomic mass is 10.3. The van der Waals surface area contributed by atoms with Gasteiger partial charge in [-0.25, -0.2) is 4.98 Å². The summed E-state index contributed by atoms with van der Waals surface area (Å²) in [4.78, 5) is 30.7. The number of ether oxygens (including phenoxy) is 1. The van der Waals surface area contributed by atoms with Crippen molar-refractivity contribution < 1.29 is 14.3 Å². The molecular weight excluding hydrogens is 358 g/mol. The van der Waals surface area contributed by atoms with E-state index in [9.17, 15) is 9.59 Å². The van der Waals surface area contributed by atoms with Gasteiger partial charge in [0.05, 0.1) is 17.1 Å².